The molecule has 2 heterocycles. The minimum absolute atomic E-state index is 0.256. The zero-order chi connectivity index (χ0) is 22.1. The van der Waals surface area contributed by atoms with Crippen LogP contribution in [0, 0.1) is 9.75 Å². The molecule has 0 spiro atoms. The van der Waals surface area contributed by atoms with E-state index in [4.69, 9.17) is 14.7 Å². The summed E-state index contributed by atoms with van der Waals surface area (Å²) in [5.41, 5.74) is 5.88. The summed E-state index contributed by atoms with van der Waals surface area (Å²) in [6, 6.07) is 16.5. The van der Waals surface area contributed by atoms with Gasteiger partial charge in [-0.25, -0.2) is 4.98 Å². The second-order valence-corrected chi connectivity index (χ2v) is 9.04. The van der Waals surface area contributed by atoms with Crippen LogP contribution >= 0.6 is 22.6 Å². The van der Waals surface area contributed by atoms with Crippen molar-refractivity contribution in [3.63, 3.8) is 0 Å². The second-order valence-electron chi connectivity index (χ2n) is 8.08. The molecule has 1 aliphatic carbocycles. The van der Waals surface area contributed by atoms with Crippen molar-refractivity contribution in [2.75, 3.05) is 7.11 Å². The van der Waals surface area contributed by atoms with Crippen LogP contribution < -0.4 is 4.74 Å². The molecule has 1 aliphatic rings. The third kappa shape index (κ3) is 3.90. The number of nitrogens with zero attached hydrogens (tertiary/aromatic N) is 4. The Kier molecular flexibility index (Phi) is 5.91. The lowest BCUT2D eigenvalue weighted by atomic mass is 9.84. The van der Waals surface area contributed by atoms with E-state index in [0.29, 0.717) is 6.61 Å². The van der Waals surface area contributed by atoms with E-state index in [9.17, 15) is 0 Å². The molecule has 0 saturated carbocycles. The van der Waals surface area contributed by atoms with Crippen molar-refractivity contribution in [3.8, 4) is 5.75 Å². The molecule has 32 heavy (non-hydrogen) atoms. The molecule has 0 N–H and O–H groups in total. The van der Waals surface area contributed by atoms with Crippen LogP contribution in [0.5, 0.6) is 5.75 Å². The molecule has 7 heteroatoms. The van der Waals surface area contributed by atoms with E-state index in [2.05, 4.69) is 68.0 Å². The first-order chi connectivity index (χ1) is 15.7. The number of halogens is 1. The van der Waals surface area contributed by atoms with Gasteiger partial charge in [0.1, 0.15) is 12.4 Å². The summed E-state index contributed by atoms with van der Waals surface area (Å²) >= 11 is 2.29. The Labute approximate surface area is 201 Å². The summed E-state index contributed by atoms with van der Waals surface area (Å²) in [6.07, 6.45) is 5.94. The van der Waals surface area contributed by atoms with Crippen molar-refractivity contribution in [2.45, 2.75) is 26.0 Å². The summed E-state index contributed by atoms with van der Waals surface area (Å²) in [6.45, 7) is 1.26. The standard InChI is InChI=1S/C25H25IN4O2/c1-29-21-6-4-3-5-20(21)23-22(29)12-9-18(15-30-14-13-27-25(30)26)24(23)28-32-16-17-7-10-19(31-2)11-8-17/h3-8,10-11,13-14,18H,9,12,15-16H2,1-2H3/b28-24+. The fourth-order valence-electron chi connectivity index (χ4n) is 4.56. The number of ether oxygens (including phenoxy) is 1. The molecule has 0 fully saturated rings. The number of aryl methyl sites for hydroxylation is 1. The molecule has 4 aromatic rings. The highest BCUT2D eigenvalue weighted by Gasteiger charge is 2.31. The predicted molar refractivity (Wildman–Crippen MR) is 134 cm³/mol. The van der Waals surface area contributed by atoms with E-state index in [-0.39, 0.29) is 5.92 Å². The van der Waals surface area contributed by atoms with Gasteiger partial charge in [-0.2, -0.15) is 0 Å². The lowest BCUT2D eigenvalue weighted by Gasteiger charge is -2.26. The Morgan fingerprint density at radius 2 is 1.97 bits per heavy atom. The number of imidazole rings is 1. The maximum absolute atomic E-state index is 5.94. The molecule has 1 unspecified atom stereocenters. The number of methoxy groups -OCH3 is 1. The van der Waals surface area contributed by atoms with Gasteiger partial charge in [0, 0.05) is 54.1 Å². The molecule has 164 valence electrons. The molecule has 2 aromatic heterocycles. The molecule has 0 bridgehead atoms. The van der Waals surface area contributed by atoms with E-state index >= 15 is 0 Å². The molecule has 6 nitrogen and oxygen atoms in total. The van der Waals surface area contributed by atoms with Crippen molar-refractivity contribution in [1.82, 2.24) is 14.1 Å². The van der Waals surface area contributed by atoms with Crippen LogP contribution in [0.1, 0.15) is 23.2 Å². The number of benzene rings is 2. The van der Waals surface area contributed by atoms with E-state index in [1.807, 2.05) is 36.7 Å². The van der Waals surface area contributed by atoms with Crippen LogP contribution in [-0.2, 0) is 31.5 Å². The number of fused-ring (bicyclic) bond motifs is 3. The van der Waals surface area contributed by atoms with Gasteiger partial charge in [-0.1, -0.05) is 35.5 Å². The monoisotopic (exact) mass is 540 g/mol. The molecule has 2 aromatic carbocycles. The molecule has 1 atom stereocenters. The van der Waals surface area contributed by atoms with Crippen molar-refractivity contribution in [1.29, 1.82) is 0 Å². The van der Waals surface area contributed by atoms with Gasteiger partial charge in [-0.05, 0) is 59.2 Å². The summed E-state index contributed by atoms with van der Waals surface area (Å²) in [5.74, 6) is 1.09. The predicted octanol–water partition coefficient (Wildman–Crippen LogP) is 5.17. The lowest BCUT2D eigenvalue weighted by molar-refractivity contribution is 0.128. The number of para-hydroxylation sites is 1. The average Bonchev–Trinajstić information content (AvgIpc) is 3.36. The van der Waals surface area contributed by atoms with E-state index in [1.165, 1.54) is 22.2 Å². The van der Waals surface area contributed by atoms with Crippen molar-refractivity contribution in [2.24, 2.45) is 18.1 Å². The normalized spacial score (nSPS) is 17.0. The average molecular weight is 540 g/mol. The van der Waals surface area contributed by atoms with Gasteiger partial charge in [0.15, 0.2) is 3.83 Å². The van der Waals surface area contributed by atoms with Crippen molar-refractivity contribution >= 4 is 39.2 Å². The van der Waals surface area contributed by atoms with E-state index in [0.717, 1.165) is 40.2 Å². The zero-order valence-electron chi connectivity index (χ0n) is 18.2. The molecule has 0 amide bonds. The van der Waals surface area contributed by atoms with Crippen LogP contribution in [0.25, 0.3) is 10.9 Å². The Morgan fingerprint density at radius 1 is 1.16 bits per heavy atom. The highest BCUT2D eigenvalue weighted by atomic mass is 127. The smallest absolute Gasteiger partial charge is 0.171 e. The minimum atomic E-state index is 0.256. The fourth-order valence-corrected chi connectivity index (χ4v) is 5.08. The van der Waals surface area contributed by atoms with Crippen molar-refractivity contribution in [3.05, 3.63) is 81.6 Å². The van der Waals surface area contributed by atoms with E-state index < -0.39 is 0 Å². The largest absolute Gasteiger partial charge is 0.497 e. The van der Waals surface area contributed by atoms with Crippen LogP contribution in [0.4, 0.5) is 0 Å². The maximum atomic E-state index is 5.94. The molecular formula is C25H25IN4O2. The maximum Gasteiger partial charge on any atom is 0.171 e. The fraction of sp³-hybridized carbons (Fsp3) is 0.280. The van der Waals surface area contributed by atoms with Gasteiger partial charge in [-0.15, -0.1) is 0 Å². The highest BCUT2D eigenvalue weighted by Crippen LogP contribution is 2.35. The van der Waals surface area contributed by atoms with Gasteiger partial charge in [0.2, 0.25) is 0 Å². The molecular weight excluding hydrogens is 515 g/mol. The first-order valence-electron chi connectivity index (χ1n) is 10.7. The molecule has 5 rings (SSSR count). The van der Waals surface area contributed by atoms with Gasteiger partial charge in [0.05, 0.1) is 12.8 Å². The summed E-state index contributed by atoms with van der Waals surface area (Å²) in [7, 11) is 3.82. The first kappa shape index (κ1) is 21.1. The van der Waals surface area contributed by atoms with E-state index in [1.54, 1.807) is 7.11 Å². The lowest BCUT2D eigenvalue weighted by Crippen LogP contribution is -2.28. The number of rotatable bonds is 6. The van der Waals surface area contributed by atoms with Crippen LogP contribution in [0.2, 0.25) is 0 Å². The Bertz CT molecular complexity index is 1270. The number of aromatic nitrogens is 3. The van der Waals surface area contributed by atoms with Gasteiger partial charge < -0.3 is 18.7 Å². The Morgan fingerprint density at radius 3 is 2.72 bits per heavy atom. The Hall–Kier alpha value is -2.81. The number of oxime groups is 1. The molecule has 0 aliphatic heterocycles. The van der Waals surface area contributed by atoms with Gasteiger partial charge in [-0.3, -0.25) is 0 Å². The summed E-state index contributed by atoms with van der Waals surface area (Å²) < 4.78 is 10.7. The van der Waals surface area contributed by atoms with Crippen LogP contribution in [0.15, 0.2) is 66.1 Å². The number of hydrogen-bond acceptors (Lipinski definition) is 4. The molecule has 0 radical (unpaired) electrons. The third-order valence-electron chi connectivity index (χ3n) is 6.24. The third-order valence-corrected chi connectivity index (χ3v) is 7.13. The van der Waals surface area contributed by atoms with Crippen molar-refractivity contribution < 1.29 is 9.57 Å². The highest BCUT2D eigenvalue weighted by molar-refractivity contribution is 14.1. The SMILES string of the molecule is COc1ccc(CO/N=C2/c3c(n(C)c4ccccc34)CCC2Cn2ccnc2I)cc1. The van der Waals surface area contributed by atoms with Crippen LogP contribution in [0.3, 0.4) is 0 Å². The quantitative estimate of drug-likeness (QED) is 0.251. The van der Waals surface area contributed by atoms with Gasteiger partial charge in [0.25, 0.3) is 0 Å². The summed E-state index contributed by atoms with van der Waals surface area (Å²) in [4.78, 5) is 10.3. The van der Waals surface area contributed by atoms with Gasteiger partial charge >= 0.3 is 0 Å². The minimum Gasteiger partial charge on any atom is -0.497 e. The Balaban J connectivity index is 1.50. The van der Waals surface area contributed by atoms with Crippen LogP contribution in [-0.4, -0.2) is 26.9 Å². The first-order valence-corrected chi connectivity index (χ1v) is 11.8. The zero-order valence-corrected chi connectivity index (χ0v) is 20.3. The number of hydrogen-bond donors (Lipinski definition) is 0. The second kappa shape index (κ2) is 8.97. The topological polar surface area (TPSA) is 53.6 Å². The molecule has 0 saturated heterocycles. The summed E-state index contributed by atoms with van der Waals surface area (Å²) in [5, 5.41) is 5.99.